The van der Waals surface area contributed by atoms with Gasteiger partial charge in [0.15, 0.2) is 0 Å². The summed E-state index contributed by atoms with van der Waals surface area (Å²) >= 11 is 6.23. The molecule has 34 heavy (non-hydrogen) atoms. The van der Waals surface area contributed by atoms with Crippen LogP contribution < -0.4 is 16.0 Å². The van der Waals surface area contributed by atoms with Crippen LogP contribution in [0.3, 0.4) is 0 Å². The lowest BCUT2D eigenvalue weighted by atomic mass is 10.0. The maximum atomic E-state index is 14.4. The van der Waals surface area contributed by atoms with E-state index in [9.17, 15) is 22.4 Å². The molecular weight excluding hydrogens is 474 g/mol. The number of allylic oxidation sites excluding steroid dienone is 4. The highest BCUT2D eigenvalue weighted by Gasteiger charge is 2.38. The molecule has 1 unspecified atom stereocenters. The van der Waals surface area contributed by atoms with E-state index < -0.39 is 23.8 Å². The standard InChI is InChI=1S/C23H18ClF4N5O/c1-10-7-11(8-17-19(10)32-20(29-17)18-13(24)3-2-4-14(18)25)21(34)33-22-30-15-6-5-12(23(26,27)28)9-16(15)31-22/h4,6-9,12H,2-3,5H2,1H3,(H,29,32)(H2,30,31,33,34). The highest BCUT2D eigenvalue weighted by atomic mass is 35.5. The molecular formula is C23H18ClF4N5O. The minimum Gasteiger partial charge on any atom is -0.338 e. The fourth-order valence-electron chi connectivity index (χ4n) is 4.11. The molecule has 176 valence electrons. The van der Waals surface area contributed by atoms with Crippen LogP contribution in [0.5, 0.6) is 0 Å². The number of amides is 1. The number of halogens is 5. The molecule has 3 aromatic rings. The number of fused-ring (bicyclic) bond motifs is 2. The van der Waals surface area contributed by atoms with Crippen LogP contribution in [0.25, 0.3) is 28.8 Å². The molecule has 2 heterocycles. The predicted octanol–water partition coefficient (Wildman–Crippen LogP) is 4.59. The van der Waals surface area contributed by atoms with Crippen LogP contribution >= 0.6 is 11.6 Å². The number of nitrogens with zero attached hydrogens (tertiary/aromatic N) is 2. The van der Waals surface area contributed by atoms with Crippen LogP contribution in [0.1, 0.15) is 41.0 Å². The molecule has 0 saturated carbocycles. The number of aryl methyl sites for hydroxylation is 1. The van der Waals surface area contributed by atoms with Gasteiger partial charge in [-0.15, -0.1) is 0 Å². The molecule has 11 heteroatoms. The van der Waals surface area contributed by atoms with Crippen molar-refractivity contribution >= 4 is 52.2 Å². The van der Waals surface area contributed by atoms with E-state index in [-0.39, 0.29) is 34.7 Å². The largest absolute Gasteiger partial charge is 0.395 e. The van der Waals surface area contributed by atoms with Crippen molar-refractivity contribution in [1.82, 2.24) is 19.9 Å². The van der Waals surface area contributed by atoms with Crippen molar-refractivity contribution in [2.45, 2.75) is 32.4 Å². The number of aromatic amines is 2. The average molecular weight is 492 g/mol. The van der Waals surface area contributed by atoms with Gasteiger partial charge in [0.1, 0.15) is 11.7 Å². The van der Waals surface area contributed by atoms with E-state index in [0.717, 1.165) is 6.08 Å². The summed E-state index contributed by atoms with van der Waals surface area (Å²) in [5.41, 5.74) is 2.26. The summed E-state index contributed by atoms with van der Waals surface area (Å²) in [5.74, 6) is -2.27. The molecule has 0 radical (unpaired) electrons. The quantitative estimate of drug-likeness (QED) is 0.468. The Morgan fingerprint density at radius 3 is 2.74 bits per heavy atom. The van der Waals surface area contributed by atoms with Gasteiger partial charge in [-0.2, -0.15) is 13.2 Å². The van der Waals surface area contributed by atoms with Gasteiger partial charge in [-0.1, -0.05) is 17.7 Å². The first-order valence-electron chi connectivity index (χ1n) is 10.5. The number of hydrogen-bond acceptors (Lipinski definition) is 3. The van der Waals surface area contributed by atoms with Gasteiger partial charge in [0, 0.05) is 10.6 Å². The minimum atomic E-state index is -4.36. The van der Waals surface area contributed by atoms with Crippen LogP contribution in [0.2, 0.25) is 0 Å². The Kier molecular flexibility index (Phi) is 5.35. The van der Waals surface area contributed by atoms with E-state index in [1.165, 1.54) is 18.2 Å². The molecule has 1 amide bonds. The van der Waals surface area contributed by atoms with Crippen LogP contribution in [0, 0.1) is 12.8 Å². The number of carbonyl (C=O) groups is 1. The lowest BCUT2D eigenvalue weighted by molar-refractivity contribution is -0.155. The molecule has 0 fully saturated rings. The van der Waals surface area contributed by atoms with Crippen molar-refractivity contribution in [2.75, 3.05) is 5.32 Å². The monoisotopic (exact) mass is 491 g/mol. The van der Waals surface area contributed by atoms with Crippen LogP contribution in [-0.2, 0) is 0 Å². The number of alkyl halides is 3. The lowest BCUT2D eigenvalue weighted by Crippen LogP contribution is -2.33. The molecule has 2 aliphatic carbocycles. The Morgan fingerprint density at radius 1 is 1.21 bits per heavy atom. The second-order valence-electron chi connectivity index (χ2n) is 8.24. The van der Waals surface area contributed by atoms with Gasteiger partial charge in [0.05, 0.1) is 33.2 Å². The van der Waals surface area contributed by atoms with E-state index in [0.29, 0.717) is 39.8 Å². The molecule has 1 aromatic carbocycles. The van der Waals surface area contributed by atoms with E-state index in [4.69, 9.17) is 11.6 Å². The van der Waals surface area contributed by atoms with Gasteiger partial charge in [0.25, 0.3) is 5.91 Å². The summed E-state index contributed by atoms with van der Waals surface area (Å²) in [6.07, 6.45) is 0.384. The summed E-state index contributed by atoms with van der Waals surface area (Å²) in [4.78, 5) is 27.3. The van der Waals surface area contributed by atoms with Gasteiger partial charge in [-0.25, -0.2) is 14.4 Å². The van der Waals surface area contributed by atoms with Gasteiger partial charge in [-0.3, -0.25) is 10.1 Å². The fourth-order valence-corrected chi connectivity index (χ4v) is 4.40. The van der Waals surface area contributed by atoms with E-state index in [2.05, 4.69) is 25.3 Å². The Bertz CT molecular complexity index is 1510. The van der Waals surface area contributed by atoms with Crippen molar-refractivity contribution in [3.05, 3.63) is 56.7 Å². The summed E-state index contributed by atoms with van der Waals surface area (Å²) in [7, 11) is 0. The molecule has 0 aliphatic heterocycles. The van der Waals surface area contributed by atoms with Crippen LogP contribution in [0.15, 0.2) is 29.1 Å². The number of benzene rings is 1. The molecule has 0 spiro atoms. The number of hydrogen-bond donors (Lipinski definition) is 3. The first-order chi connectivity index (χ1) is 16.1. The summed E-state index contributed by atoms with van der Waals surface area (Å²) in [6.45, 7) is 1.77. The van der Waals surface area contributed by atoms with Crippen LogP contribution in [0.4, 0.5) is 23.5 Å². The van der Waals surface area contributed by atoms with Crippen molar-refractivity contribution in [2.24, 2.45) is 5.92 Å². The highest BCUT2D eigenvalue weighted by molar-refractivity contribution is 6.33. The number of anilines is 1. The topological polar surface area (TPSA) is 86.5 Å². The van der Waals surface area contributed by atoms with Crippen LogP contribution in [-0.4, -0.2) is 32.0 Å². The maximum Gasteiger partial charge on any atom is 0.395 e. The first-order valence-corrected chi connectivity index (χ1v) is 10.9. The number of aromatic nitrogens is 4. The lowest BCUT2D eigenvalue weighted by Gasteiger charge is -2.15. The Balaban J connectivity index is 1.44. The molecule has 3 N–H and O–H groups in total. The summed E-state index contributed by atoms with van der Waals surface area (Å²) in [5, 5.41) is 3.52. The molecule has 2 aliphatic rings. The smallest absolute Gasteiger partial charge is 0.338 e. The second-order valence-corrected chi connectivity index (χ2v) is 8.69. The van der Waals surface area contributed by atoms with Crippen molar-refractivity contribution < 1.29 is 22.4 Å². The number of imidazole rings is 2. The molecule has 0 saturated heterocycles. The third-order valence-corrected chi connectivity index (χ3v) is 6.21. The number of H-pyrrole nitrogens is 2. The van der Waals surface area contributed by atoms with E-state index >= 15 is 0 Å². The Morgan fingerprint density at radius 2 is 2.00 bits per heavy atom. The van der Waals surface area contributed by atoms with Crippen molar-refractivity contribution in [1.29, 1.82) is 0 Å². The Labute approximate surface area is 195 Å². The van der Waals surface area contributed by atoms with Gasteiger partial charge in [-0.05, 0) is 56.0 Å². The molecule has 0 bridgehead atoms. The normalized spacial score (nSPS) is 18.3. The highest BCUT2D eigenvalue weighted by Crippen LogP contribution is 2.36. The first kappa shape index (κ1) is 22.4. The maximum absolute atomic E-state index is 14.4. The Hall–Kier alpha value is -3.40. The molecule has 2 aromatic heterocycles. The summed E-state index contributed by atoms with van der Waals surface area (Å²) in [6, 6.07) is 3.17. The molecule has 6 nitrogen and oxygen atoms in total. The zero-order valence-corrected chi connectivity index (χ0v) is 18.5. The number of nitrogens with one attached hydrogen (secondary N) is 3. The van der Waals surface area contributed by atoms with E-state index in [1.54, 1.807) is 13.0 Å². The van der Waals surface area contributed by atoms with Gasteiger partial charge >= 0.3 is 6.18 Å². The van der Waals surface area contributed by atoms with Gasteiger partial charge < -0.3 is 9.97 Å². The fraction of sp³-hybridized carbons (Fsp3) is 0.261. The number of rotatable bonds is 3. The third-order valence-electron chi connectivity index (χ3n) is 5.84. The zero-order chi connectivity index (χ0) is 24.2. The zero-order valence-electron chi connectivity index (χ0n) is 17.8. The summed E-state index contributed by atoms with van der Waals surface area (Å²) < 4.78 is 53.4. The predicted molar refractivity (Wildman–Crippen MR) is 121 cm³/mol. The van der Waals surface area contributed by atoms with Crippen molar-refractivity contribution in [3.8, 4) is 0 Å². The van der Waals surface area contributed by atoms with E-state index in [1.807, 2.05) is 0 Å². The molecule has 1 atom stereocenters. The minimum absolute atomic E-state index is 0.0390. The van der Waals surface area contributed by atoms with Gasteiger partial charge in [0.2, 0.25) is 5.95 Å². The van der Waals surface area contributed by atoms with Crippen molar-refractivity contribution in [3.63, 3.8) is 0 Å². The second kappa shape index (κ2) is 8.12. The molecule has 5 rings (SSSR count). The average Bonchev–Trinajstić information content (AvgIpc) is 3.36. The third kappa shape index (κ3) is 4.02. The number of carbonyl (C=O) groups excluding carboxylic acids is 1. The SMILES string of the molecule is Cc1cc(C(=O)Nc2nc3c([nH]2)=CCC(C(F)(F)F)C=3)cc2nc(C3=C(Cl)CCC=C3F)[nH]c12.